The van der Waals surface area contributed by atoms with Gasteiger partial charge >= 0.3 is 0 Å². The maximum absolute atomic E-state index is 12.4. The van der Waals surface area contributed by atoms with E-state index in [4.69, 9.17) is 11.2 Å². The first-order chi connectivity index (χ1) is 15.0. The van der Waals surface area contributed by atoms with Crippen LogP contribution in [0.2, 0.25) is 0 Å². The molecule has 0 aliphatic rings. The number of fused-ring (bicyclic) bond motifs is 1. The Kier molecular flexibility index (Phi) is 7.20. The van der Waals surface area contributed by atoms with Crippen LogP contribution in [0.15, 0.2) is 54.9 Å². The van der Waals surface area contributed by atoms with Crippen molar-refractivity contribution in [2.24, 2.45) is 0 Å². The SMILES string of the molecule is C#Cc1cccc(Nc2ncnc3cc(OCC)c(NC(=O)/C=C/CN(C)C)cc23)c1. The smallest absolute Gasteiger partial charge is 0.248 e. The second kappa shape index (κ2) is 10.2. The number of nitrogens with zero attached hydrogens (tertiary/aromatic N) is 3. The Morgan fingerprint density at radius 2 is 2.10 bits per heavy atom. The number of hydrogen-bond donors (Lipinski definition) is 2. The highest BCUT2D eigenvalue weighted by molar-refractivity contribution is 6.03. The summed E-state index contributed by atoms with van der Waals surface area (Å²) in [4.78, 5) is 23.1. The molecule has 2 N–H and O–H groups in total. The van der Waals surface area contributed by atoms with E-state index in [0.29, 0.717) is 35.9 Å². The molecule has 1 aromatic heterocycles. The van der Waals surface area contributed by atoms with Crippen LogP contribution >= 0.6 is 0 Å². The molecule has 0 atom stereocenters. The van der Waals surface area contributed by atoms with Crippen molar-refractivity contribution in [1.82, 2.24) is 14.9 Å². The van der Waals surface area contributed by atoms with E-state index in [-0.39, 0.29) is 5.91 Å². The average molecular weight is 415 g/mol. The van der Waals surface area contributed by atoms with Crippen LogP contribution < -0.4 is 15.4 Å². The second-order valence-electron chi connectivity index (χ2n) is 7.02. The van der Waals surface area contributed by atoms with Gasteiger partial charge in [0.2, 0.25) is 5.91 Å². The van der Waals surface area contributed by atoms with Crippen molar-refractivity contribution in [3.63, 3.8) is 0 Å². The quantitative estimate of drug-likeness (QED) is 0.430. The van der Waals surface area contributed by atoms with Crippen molar-refractivity contribution in [2.45, 2.75) is 6.92 Å². The Balaban J connectivity index is 1.96. The molecule has 0 radical (unpaired) electrons. The van der Waals surface area contributed by atoms with Crippen molar-refractivity contribution in [1.29, 1.82) is 0 Å². The zero-order valence-electron chi connectivity index (χ0n) is 17.8. The molecule has 7 heteroatoms. The van der Waals surface area contributed by atoms with Gasteiger partial charge < -0.3 is 20.3 Å². The average Bonchev–Trinajstić information content (AvgIpc) is 2.74. The first-order valence-electron chi connectivity index (χ1n) is 9.87. The van der Waals surface area contributed by atoms with E-state index in [2.05, 4.69) is 26.5 Å². The van der Waals surface area contributed by atoms with Crippen LogP contribution in [0, 0.1) is 12.3 Å². The minimum absolute atomic E-state index is 0.241. The van der Waals surface area contributed by atoms with Gasteiger partial charge in [0.05, 0.1) is 17.8 Å². The van der Waals surface area contributed by atoms with Crippen molar-refractivity contribution < 1.29 is 9.53 Å². The van der Waals surface area contributed by atoms with Crippen molar-refractivity contribution in [3.05, 3.63) is 60.4 Å². The molecular weight excluding hydrogens is 390 g/mol. The first-order valence-corrected chi connectivity index (χ1v) is 9.87. The van der Waals surface area contributed by atoms with E-state index >= 15 is 0 Å². The molecule has 0 saturated carbocycles. The number of benzene rings is 2. The van der Waals surface area contributed by atoms with E-state index in [1.54, 1.807) is 12.1 Å². The lowest BCUT2D eigenvalue weighted by Gasteiger charge is -2.14. The predicted molar refractivity (Wildman–Crippen MR) is 125 cm³/mol. The fourth-order valence-corrected chi connectivity index (χ4v) is 2.92. The molecule has 31 heavy (non-hydrogen) atoms. The molecule has 158 valence electrons. The zero-order valence-corrected chi connectivity index (χ0v) is 17.8. The lowest BCUT2D eigenvalue weighted by molar-refractivity contribution is -0.111. The van der Waals surface area contributed by atoms with Crippen molar-refractivity contribution >= 4 is 34.0 Å². The molecular formula is C24H25N5O2. The molecule has 0 spiro atoms. The fraction of sp³-hybridized carbons (Fsp3) is 0.208. The van der Waals surface area contributed by atoms with Gasteiger partial charge in [-0.1, -0.05) is 18.1 Å². The van der Waals surface area contributed by atoms with Crippen LogP contribution in [0.5, 0.6) is 5.75 Å². The summed E-state index contributed by atoms with van der Waals surface area (Å²) in [5.41, 5.74) is 2.81. The number of anilines is 3. The van der Waals surface area contributed by atoms with Crippen molar-refractivity contribution in [3.8, 4) is 18.1 Å². The maximum atomic E-state index is 12.4. The molecule has 0 fully saturated rings. The Hall–Kier alpha value is -3.89. The Morgan fingerprint density at radius 1 is 1.26 bits per heavy atom. The number of carbonyl (C=O) groups is 1. The third-order valence-corrected chi connectivity index (χ3v) is 4.33. The monoisotopic (exact) mass is 415 g/mol. The molecule has 0 saturated heterocycles. The summed E-state index contributed by atoms with van der Waals surface area (Å²) in [5, 5.41) is 6.91. The predicted octanol–water partition coefficient (Wildman–Crippen LogP) is 3.81. The first kappa shape index (κ1) is 21.8. The molecule has 0 unspecified atom stereocenters. The van der Waals surface area contributed by atoms with E-state index in [1.807, 2.05) is 56.3 Å². The van der Waals surface area contributed by atoms with Gasteiger partial charge in [0.15, 0.2) is 0 Å². The van der Waals surface area contributed by atoms with Crippen LogP contribution in [0.3, 0.4) is 0 Å². The van der Waals surface area contributed by atoms with Crippen LogP contribution in [0.1, 0.15) is 12.5 Å². The van der Waals surface area contributed by atoms with Crippen LogP contribution in [-0.4, -0.2) is 48.0 Å². The van der Waals surface area contributed by atoms with Gasteiger partial charge in [0.25, 0.3) is 0 Å². The van der Waals surface area contributed by atoms with E-state index in [0.717, 1.165) is 16.6 Å². The number of likely N-dealkylation sites (N-methyl/N-ethyl adjacent to an activating group) is 1. The Bertz CT molecular complexity index is 1150. The van der Waals surface area contributed by atoms with E-state index in [1.165, 1.54) is 12.4 Å². The maximum Gasteiger partial charge on any atom is 0.248 e. The molecule has 3 rings (SSSR count). The Labute approximate surface area is 182 Å². The highest BCUT2D eigenvalue weighted by Gasteiger charge is 2.13. The fourth-order valence-electron chi connectivity index (χ4n) is 2.92. The highest BCUT2D eigenvalue weighted by Crippen LogP contribution is 2.33. The number of rotatable bonds is 8. The van der Waals surface area contributed by atoms with Crippen molar-refractivity contribution in [2.75, 3.05) is 37.9 Å². The molecule has 2 aromatic carbocycles. The number of aromatic nitrogens is 2. The van der Waals surface area contributed by atoms with Gasteiger partial charge in [-0.2, -0.15) is 0 Å². The van der Waals surface area contributed by atoms with E-state index < -0.39 is 0 Å². The number of ether oxygens (including phenoxy) is 1. The topological polar surface area (TPSA) is 79.4 Å². The summed E-state index contributed by atoms with van der Waals surface area (Å²) in [7, 11) is 3.87. The third kappa shape index (κ3) is 5.81. The largest absolute Gasteiger partial charge is 0.492 e. The van der Waals surface area contributed by atoms with Gasteiger partial charge in [-0.15, -0.1) is 6.42 Å². The summed E-state index contributed by atoms with van der Waals surface area (Å²) in [5.74, 6) is 3.52. The minimum atomic E-state index is -0.241. The van der Waals surface area contributed by atoms with Gasteiger partial charge in [-0.05, 0) is 45.3 Å². The summed E-state index contributed by atoms with van der Waals surface area (Å²) in [6.07, 6.45) is 10.3. The number of terminal acetylenes is 1. The Morgan fingerprint density at radius 3 is 2.84 bits per heavy atom. The lowest BCUT2D eigenvalue weighted by atomic mass is 10.1. The van der Waals surface area contributed by atoms with Gasteiger partial charge in [0.1, 0.15) is 17.9 Å². The molecule has 0 aliphatic heterocycles. The van der Waals surface area contributed by atoms with Gasteiger partial charge in [0, 0.05) is 35.3 Å². The summed E-state index contributed by atoms with van der Waals surface area (Å²) < 4.78 is 5.73. The number of carbonyl (C=O) groups excluding carboxylic acids is 1. The molecule has 1 heterocycles. The molecule has 0 bridgehead atoms. The molecule has 1 amide bonds. The minimum Gasteiger partial charge on any atom is -0.492 e. The van der Waals surface area contributed by atoms with E-state index in [9.17, 15) is 4.79 Å². The summed E-state index contributed by atoms with van der Waals surface area (Å²) in [6, 6.07) is 11.1. The molecule has 3 aromatic rings. The second-order valence-corrected chi connectivity index (χ2v) is 7.02. The lowest BCUT2D eigenvalue weighted by Crippen LogP contribution is -2.13. The van der Waals surface area contributed by atoms with Crippen LogP contribution in [-0.2, 0) is 4.79 Å². The number of nitrogens with one attached hydrogen (secondary N) is 2. The highest BCUT2D eigenvalue weighted by atomic mass is 16.5. The van der Waals surface area contributed by atoms with Gasteiger partial charge in [-0.3, -0.25) is 4.79 Å². The molecule has 7 nitrogen and oxygen atoms in total. The summed E-state index contributed by atoms with van der Waals surface area (Å²) in [6.45, 7) is 3.01. The summed E-state index contributed by atoms with van der Waals surface area (Å²) >= 11 is 0. The number of hydrogen-bond acceptors (Lipinski definition) is 6. The zero-order chi connectivity index (χ0) is 22.2. The standard InChI is InChI=1S/C24H25N5O2/c1-5-17-9-7-10-18(13-17)27-24-19-14-21(28-23(30)11-8-12-29(3)4)22(31-6-2)15-20(19)25-16-26-24/h1,7-11,13-16H,6,12H2,2-4H3,(H,28,30)(H,25,26,27)/b11-8+. The van der Waals surface area contributed by atoms with Gasteiger partial charge in [-0.25, -0.2) is 9.97 Å². The van der Waals surface area contributed by atoms with Crippen LogP contribution in [0.4, 0.5) is 17.2 Å². The van der Waals surface area contributed by atoms with Crippen LogP contribution in [0.25, 0.3) is 10.9 Å². The molecule has 0 aliphatic carbocycles. The third-order valence-electron chi connectivity index (χ3n) is 4.33. The number of amides is 1. The normalized spacial score (nSPS) is 10.9.